The Labute approximate surface area is 95.3 Å². The van der Waals surface area contributed by atoms with Crippen molar-refractivity contribution in [3.05, 3.63) is 22.4 Å². The lowest BCUT2D eigenvalue weighted by Crippen LogP contribution is -2.19. The van der Waals surface area contributed by atoms with E-state index in [1.807, 2.05) is 0 Å². The van der Waals surface area contributed by atoms with Crippen molar-refractivity contribution in [1.29, 1.82) is 0 Å². The Morgan fingerprint density at radius 2 is 2.13 bits per heavy atom. The number of carbonyl (C=O) groups excluding carboxylic acids is 1. The molecule has 0 fully saturated rings. The molecule has 0 N–H and O–H groups in total. The highest BCUT2D eigenvalue weighted by Crippen LogP contribution is 2.28. The van der Waals surface area contributed by atoms with Crippen LogP contribution in [0.1, 0.15) is 10.5 Å². The highest BCUT2D eigenvalue weighted by molar-refractivity contribution is 9.10. The monoisotopic (exact) mass is 303 g/mol. The Bertz CT molecular complexity index is 396. The molecule has 0 saturated heterocycles. The molecule has 0 aliphatic rings. The first-order valence-electron chi connectivity index (χ1n) is 3.41. The summed E-state index contributed by atoms with van der Waals surface area (Å²) in [5, 5.41) is -1.12. The van der Waals surface area contributed by atoms with Gasteiger partial charge < -0.3 is 4.74 Å². The van der Waals surface area contributed by atoms with Gasteiger partial charge in [-0.2, -0.15) is 0 Å². The molecule has 0 aromatic carbocycles. The number of halogens is 5. The molecule has 1 rings (SSSR count). The Kier molecular flexibility index (Phi) is 3.56. The van der Waals surface area contributed by atoms with Gasteiger partial charge in [0.2, 0.25) is 0 Å². The molecule has 1 aromatic heterocycles. The first kappa shape index (κ1) is 12.3. The third kappa shape index (κ3) is 3.67. The van der Waals surface area contributed by atoms with Gasteiger partial charge in [0.05, 0.1) is 0 Å². The number of hydrogen-bond donors (Lipinski definition) is 0. The lowest BCUT2D eigenvalue weighted by molar-refractivity contribution is -0.274. The fourth-order valence-electron chi connectivity index (χ4n) is 0.771. The van der Waals surface area contributed by atoms with Crippen molar-refractivity contribution in [2.45, 2.75) is 6.36 Å². The lowest BCUT2D eigenvalue weighted by Gasteiger charge is -2.10. The van der Waals surface area contributed by atoms with Gasteiger partial charge in [0, 0.05) is 10.7 Å². The summed E-state index contributed by atoms with van der Waals surface area (Å²) in [6, 6.07) is 0.954. The van der Waals surface area contributed by atoms with Crippen LogP contribution in [0.25, 0.3) is 0 Å². The molecule has 0 amide bonds. The van der Waals surface area contributed by atoms with Crippen LogP contribution < -0.4 is 4.74 Å². The van der Waals surface area contributed by atoms with E-state index in [0.29, 0.717) is 0 Å². The minimum absolute atomic E-state index is 0.239. The summed E-state index contributed by atoms with van der Waals surface area (Å²) in [5.74, 6) is -0.739. The number of hydrogen-bond acceptors (Lipinski definition) is 3. The SMILES string of the molecule is O=C(Cl)c1ncc(Br)cc1OC(F)(F)F. The highest BCUT2D eigenvalue weighted by Gasteiger charge is 2.33. The topological polar surface area (TPSA) is 39.2 Å². The Morgan fingerprint density at radius 1 is 1.53 bits per heavy atom. The average Bonchev–Trinajstić information content (AvgIpc) is 1.99. The van der Waals surface area contributed by atoms with Gasteiger partial charge in [-0.25, -0.2) is 4.98 Å². The Balaban J connectivity index is 3.13. The molecule has 0 aliphatic heterocycles. The van der Waals surface area contributed by atoms with E-state index in [0.717, 1.165) is 12.3 Å². The van der Waals surface area contributed by atoms with Gasteiger partial charge in [-0.3, -0.25) is 4.79 Å². The molecule has 0 atom stereocenters. The molecule has 0 spiro atoms. The van der Waals surface area contributed by atoms with Crippen LogP contribution in [0, 0.1) is 0 Å². The number of aromatic nitrogens is 1. The molecule has 0 radical (unpaired) electrons. The fourth-order valence-corrected chi connectivity index (χ4v) is 1.22. The molecular weight excluding hydrogens is 302 g/mol. The molecule has 1 aromatic rings. The van der Waals surface area contributed by atoms with E-state index in [1.54, 1.807) is 0 Å². The van der Waals surface area contributed by atoms with E-state index in [9.17, 15) is 18.0 Å². The van der Waals surface area contributed by atoms with Gasteiger partial charge >= 0.3 is 6.36 Å². The number of carbonyl (C=O) groups is 1. The second kappa shape index (κ2) is 4.36. The van der Waals surface area contributed by atoms with Crippen molar-refractivity contribution in [1.82, 2.24) is 4.98 Å². The second-order valence-electron chi connectivity index (χ2n) is 2.32. The van der Waals surface area contributed by atoms with Gasteiger partial charge in [0.15, 0.2) is 11.4 Å². The zero-order valence-corrected chi connectivity index (χ0v) is 9.15. The van der Waals surface area contributed by atoms with Gasteiger partial charge in [-0.05, 0) is 33.6 Å². The maximum absolute atomic E-state index is 11.9. The molecule has 0 bridgehead atoms. The normalized spacial score (nSPS) is 11.3. The first-order chi connectivity index (χ1) is 6.79. The quantitative estimate of drug-likeness (QED) is 0.788. The van der Waals surface area contributed by atoms with Crippen molar-refractivity contribution in [3.63, 3.8) is 0 Å². The summed E-state index contributed by atoms with van der Waals surface area (Å²) in [5.41, 5.74) is -0.586. The lowest BCUT2D eigenvalue weighted by atomic mass is 10.3. The summed E-state index contributed by atoms with van der Waals surface area (Å²) < 4.78 is 39.5. The van der Waals surface area contributed by atoms with Crippen molar-refractivity contribution >= 4 is 32.8 Å². The summed E-state index contributed by atoms with van der Waals surface area (Å²) in [6.45, 7) is 0. The summed E-state index contributed by atoms with van der Waals surface area (Å²) in [7, 11) is 0. The second-order valence-corrected chi connectivity index (χ2v) is 3.58. The minimum atomic E-state index is -4.90. The van der Waals surface area contributed by atoms with E-state index in [4.69, 9.17) is 11.6 Å². The summed E-state index contributed by atoms with van der Waals surface area (Å²) in [6.07, 6.45) is -3.76. The fraction of sp³-hybridized carbons (Fsp3) is 0.143. The Morgan fingerprint density at radius 3 is 2.60 bits per heavy atom. The van der Waals surface area contributed by atoms with E-state index < -0.39 is 23.0 Å². The highest BCUT2D eigenvalue weighted by atomic mass is 79.9. The van der Waals surface area contributed by atoms with E-state index in [1.165, 1.54) is 0 Å². The largest absolute Gasteiger partial charge is 0.573 e. The number of pyridine rings is 1. The van der Waals surface area contributed by atoms with Crippen molar-refractivity contribution < 1.29 is 22.7 Å². The summed E-state index contributed by atoms with van der Waals surface area (Å²) >= 11 is 7.91. The first-order valence-corrected chi connectivity index (χ1v) is 4.58. The van der Waals surface area contributed by atoms with Crippen LogP contribution in [0.5, 0.6) is 5.75 Å². The van der Waals surface area contributed by atoms with E-state index in [2.05, 4.69) is 25.7 Å². The maximum Gasteiger partial charge on any atom is 0.573 e. The molecule has 8 heteroatoms. The van der Waals surface area contributed by atoms with Crippen LogP contribution in [0.4, 0.5) is 13.2 Å². The standard InChI is InChI=1S/C7H2BrClF3NO2/c8-3-1-4(15-7(10,11)12)5(6(9)14)13-2-3/h1-2H. The third-order valence-corrected chi connectivity index (χ3v) is 1.84. The van der Waals surface area contributed by atoms with Crippen LogP contribution in [-0.4, -0.2) is 16.6 Å². The van der Waals surface area contributed by atoms with Gasteiger partial charge in [-0.15, -0.1) is 13.2 Å². The minimum Gasteiger partial charge on any atom is -0.403 e. The van der Waals surface area contributed by atoms with Gasteiger partial charge in [0.1, 0.15) is 0 Å². The number of rotatable bonds is 2. The molecule has 1 heterocycles. The number of ether oxygens (including phenoxy) is 1. The van der Waals surface area contributed by atoms with E-state index in [-0.39, 0.29) is 4.47 Å². The van der Waals surface area contributed by atoms with Crippen molar-refractivity contribution in [2.24, 2.45) is 0 Å². The van der Waals surface area contributed by atoms with Crippen molar-refractivity contribution in [3.8, 4) is 5.75 Å². The predicted octanol–water partition coefficient (Wildman–Crippen LogP) is 3.12. The van der Waals surface area contributed by atoms with Crippen LogP contribution in [0.3, 0.4) is 0 Å². The molecule has 82 valence electrons. The van der Waals surface area contributed by atoms with Gasteiger partial charge in [0.25, 0.3) is 5.24 Å². The van der Waals surface area contributed by atoms with Crippen LogP contribution >= 0.6 is 27.5 Å². The van der Waals surface area contributed by atoms with Crippen LogP contribution in [0.15, 0.2) is 16.7 Å². The maximum atomic E-state index is 11.9. The van der Waals surface area contributed by atoms with Crippen molar-refractivity contribution in [2.75, 3.05) is 0 Å². The third-order valence-electron chi connectivity index (χ3n) is 1.23. The smallest absolute Gasteiger partial charge is 0.403 e. The summed E-state index contributed by atoms with van der Waals surface area (Å²) in [4.78, 5) is 14.1. The number of nitrogens with zero attached hydrogens (tertiary/aromatic N) is 1. The van der Waals surface area contributed by atoms with E-state index >= 15 is 0 Å². The molecule has 0 saturated carbocycles. The molecule has 0 unspecified atom stereocenters. The number of alkyl halides is 3. The molecule has 3 nitrogen and oxygen atoms in total. The average molecular weight is 304 g/mol. The van der Waals surface area contributed by atoms with Crippen LogP contribution in [-0.2, 0) is 0 Å². The van der Waals surface area contributed by atoms with Crippen LogP contribution in [0.2, 0.25) is 0 Å². The molecule has 15 heavy (non-hydrogen) atoms. The molecular formula is C7H2BrClF3NO2. The zero-order chi connectivity index (χ0) is 11.6. The Hall–Kier alpha value is -0.820. The van der Waals surface area contributed by atoms with Gasteiger partial charge in [-0.1, -0.05) is 0 Å². The zero-order valence-electron chi connectivity index (χ0n) is 6.81. The molecule has 0 aliphatic carbocycles. The predicted molar refractivity (Wildman–Crippen MR) is 48.8 cm³/mol.